The molecule has 31 heavy (non-hydrogen) atoms. The second-order valence-corrected chi connectivity index (χ2v) is 8.39. The summed E-state index contributed by atoms with van der Waals surface area (Å²) in [5, 5.41) is 4.34. The Bertz CT molecular complexity index is 1450. The molecule has 2 aromatic heterocycles. The van der Waals surface area contributed by atoms with E-state index in [0.29, 0.717) is 15.9 Å². The van der Waals surface area contributed by atoms with Gasteiger partial charge < -0.3 is 5.32 Å². The van der Waals surface area contributed by atoms with Gasteiger partial charge in [0.2, 0.25) is 5.91 Å². The van der Waals surface area contributed by atoms with Gasteiger partial charge in [0.1, 0.15) is 17.1 Å². The van der Waals surface area contributed by atoms with Crippen LogP contribution >= 0.6 is 22.9 Å². The maximum absolute atomic E-state index is 14.0. The fourth-order valence-electron chi connectivity index (χ4n) is 3.35. The molecule has 2 aromatic carbocycles. The maximum atomic E-state index is 14.0. The Kier molecular flexibility index (Phi) is 5.51. The van der Waals surface area contributed by atoms with E-state index in [9.17, 15) is 18.8 Å². The molecule has 158 valence electrons. The third-order valence-electron chi connectivity index (χ3n) is 5.08. The first kappa shape index (κ1) is 21.0. The molecular formula is C22H17ClFN3O3S. The summed E-state index contributed by atoms with van der Waals surface area (Å²) >= 11 is 6.93. The molecule has 0 aliphatic carbocycles. The number of carbonyl (C=O) groups is 1. The monoisotopic (exact) mass is 457 g/mol. The van der Waals surface area contributed by atoms with Gasteiger partial charge in [-0.05, 0) is 60.7 Å². The summed E-state index contributed by atoms with van der Waals surface area (Å²) in [6.45, 7) is 3.33. The number of halogens is 2. The lowest BCUT2D eigenvalue weighted by Crippen LogP contribution is -2.40. The van der Waals surface area contributed by atoms with Gasteiger partial charge in [-0.2, -0.15) is 0 Å². The van der Waals surface area contributed by atoms with E-state index in [1.54, 1.807) is 23.6 Å². The molecule has 9 heteroatoms. The lowest BCUT2D eigenvalue weighted by molar-refractivity contribution is -0.116. The van der Waals surface area contributed by atoms with Gasteiger partial charge in [0.05, 0.1) is 16.9 Å². The van der Waals surface area contributed by atoms with Crippen LogP contribution in [0.25, 0.3) is 15.9 Å². The van der Waals surface area contributed by atoms with Crippen molar-refractivity contribution in [2.45, 2.75) is 20.4 Å². The van der Waals surface area contributed by atoms with Crippen LogP contribution in [-0.4, -0.2) is 15.0 Å². The van der Waals surface area contributed by atoms with E-state index < -0.39 is 23.0 Å². The van der Waals surface area contributed by atoms with Crippen molar-refractivity contribution in [2.24, 2.45) is 0 Å². The molecule has 2 heterocycles. The quantitative estimate of drug-likeness (QED) is 0.497. The highest BCUT2D eigenvalue weighted by molar-refractivity contribution is 7.17. The van der Waals surface area contributed by atoms with Crippen LogP contribution in [0.1, 0.15) is 11.1 Å². The summed E-state index contributed by atoms with van der Waals surface area (Å²) in [5.41, 5.74) is 1.40. The largest absolute Gasteiger partial charge is 0.336 e. The van der Waals surface area contributed by atoms with Gasteiger partial charge in [0.25, 0.3) is 5.56 Å². The summed E-state index contributed by atoms with van der Waals surface area (Å²) in [6.07, 6.45) is 0. The smallest absolute Gasteiger partial charge is 0.322 e. The molecule has 0 bridgehead atoms. The van der Waals surface area contributed by atoms with Crippen molar-refractivity contribution >= 4 is 44.7 Å². The second kappa shape index (κ2) is 8.13. The number of aryl methyl sites for hydroxylation is 1. The summed E-state index contributed by atoms with van der Waals surface area (Å²) in [7, 11) is 0. The Labute approximate surface area is 185 Å². The minimum absolute atomic E-state index is 0.0492. The predicted molar refractivity (Wildman–Crippen MR) is 121 cm³/mol. The van der Waals surface area contributed by atoms with E-state index in [1.165, 1.54) is 28.0 Å². The lowest BCUT2D eigenvalue weighted by atomic mass is 10.1. The van der Waals surface area contributed by atoms with Crippen LogP contribution in [0.5, 0.6) is 0 Å². The molecule has 6 nitrogen and oxygen atoms in total. The molecule has 0 unspecified atom stereocenters. The first-order valence-electron chi connectivity index (χ1n) is 9.32. The Balaban J connectivity index is 1.82. The van der Waals surface area contributed by atoms with Gasteiger partial charge in [-0.3, -0.25) is 14.2 Å². The van der Waals surface area contributed by atoms with Crippen molar-refractivity contribution in [3.63, 3.8) is 0 Å². The van der Waals surface area contributed by atoms with Crippen molar-refractivity contribution in [3.8, 4) is 5.69 Å². The van der Waals surface area contributed by atoms with Gasteiger partial charge in [0, 0.05) is 5.02 Å². The number of nitrogens with one attached hydrogen (secondary N) is 1. The fourth-order valence-corrected chi connectivity index (χ4v) is 4.34. The number of benzene rings is 2. The van der Waals surface area contributed by atoms with Crippen LogP contribution in [0.15, 0.2) is 57.4 Å². The van der Waals surface area contributed by atoms with Gasteiger partial charge in [0.15, 0.2) is 0 Å². The van der Waals surface area contributed by atoms with Gasteiger partial charge in [-0.25, -0.2) is 13.8 Å². The fraction of sp³-hybridized carbons (Fsp3) is 0.136. The molecule has 0 radical (unpaired) electrons. The van der Waals surface area contributed by atoms with Crippen LogP contribution < -0.4 is 16.6 Å². The van der Waals surface area contributed by atoms with E-state index in [2.05, 4.69) is 5.32 Å². The number of hydrogen-bond acceptors (Lipinski definition) is 4. The molecule has 4 rings (SSSR count). The summed E-state index contributed by atoms with van der Waals surface area (Å²) in [4.78, 5) is 39.0. The zero-order valence-electron chi connectivity index (χ0n) is 16.6. The molecule has 0 saturated carbocycles. The molecular weight excluding hydrogens is 441 g/mol. The average molecular weight is 458 g/mol. The highest BCUT2D eigenvalue weighted by Gasteiger charge is 2.19. The molecule has 0 fully saturated rings. The Morgan fingerprint density at radius 3 is 2.68 bits per heavy atom. The number of nitrogens with zero attached hydrogens (tertiary/aromatic N) is 2. The Hall–Kier alpha value is -3.23. The van der Waals surface area contributed by atoms with Gasteiger partial charge in [-0.1, -0.05) is 23.7 Å². The van der Waals surface area contributed by atoms with Crippen LogP contribution in [0.2, 0.25) is 5.02 Å². The van der Waals surface area contributed by atoms with Gasteiger partial charge >= 0.3 is 5.69 Å². The number of amides is 1. The highest BCUT2D eigenvalue weighted by atomic mass is 35.5. The topological polar surface area (TPSA) is 73.1 Å². The normalized spacial score (nSPS) is 11.1. The Morgan fingerprint density at radius 1 is 1.16 bits per heavy atom. The molecule has 1 N–H and O–H groups in total. The standard InChI is InChI=1S/C22H17ClFN3O3S/c1-12-4-3-5-17(13(12)2)27-21(29)20-18(8-9-31-20)26(22(27)30)11-19(28)25-16-7-6-14(23)10-15(16)24/h3-10H,11H2,1-2H3,(H,25,28). The minimum Gasteiger partial charge on any atom is -0.322 e. The third kappa shape index (κ3) is 3.80. The molecule has 0 atom stereocenters. The molecule has 4 aromatic rings. The van der Waals surface area contributed by atoms with E-state index in [-0.39, 0.29) is 17.3 Å². The van der Waals surface area contributed by atoms with E-state index >= 15 is 0 Å². The molecule has 0 spiro atoms. The van der Waals surface area contributed by atoms with Crippen molar-refractivity contribution in [2.75, 3.05) is 5.32 Å². The van der Waals surface area contributed by atoms with E-state index in [1.807, 2.05) is 19.9 Å². The number of thiophene rings is 1. The van der Waals surface area contributed by atoms with Crippen LogP contribution in [0, 0.1) is 19.7 Å². The summed E-state index contributed by atoms with van der Waals surface area (Å²) in [5.74, 6) is -1.30. The number of anilines is 1. The minimum atomic E-state index is -0.686. The first-order chi connectivity index (χ1) is 14.8. The van der Waals surface area contributed by atoms with Crippen LogP contribution in [-0.2, 0) is 11.3 Å². The third-order valence-corrected chi connectivity index (χ3v) is 6.21. The highest BCUT2D eigenvalue weighted by Crippen LogP contribution is 2.21. The van der Waals surface area contributed by atoms with E-state index in [0.717, 1.165) is 21.8 Å². The predicted octanol–water partition coefficient (Wildman–Crippen LogP) is 4.26. The summed E-state index contributed by atoms with van der Waals surface area (Å²) < 4.78 is 16.7. The second-order valence-electron chi connectivity index (χ2n) is 7.04. The SMILES string of the molecule is Cc1cccc(-n2c(=O)c3sccc3n(CC(=O)Nc3ccc(Cl)cc3F)c2=O)c1C. The Morgan fingerprint density at radius 2 is 1.94 bits per heavy atom. The van der Waals surface area contributed by atoms with Crippen molar-refractivity contribution in [1.29, 1.82) is 0 Å². The summed E-state index contributed by atoms with van der Waals surface area (Å²) in [6, 6.07) is 10.8. The zero-order chi connectivity index (χ0) is 22.3. The van der Waals surface area contributed by atoms with Crippen LogP contribution in [0.4, 0.5) is 10.1 Å². The average Bonchev–Trinajstić information content (AvgIpc) is 3.21. The number of aromatic nitrogens is 2. The lowest BCUT2D eigenvalue weighted by Gasteiger charge is -2.15. The molecule has 0 aliphatic rings. The zero-order valence-corrected chi connectivity index (χ0v) is 18.2. The van der Waals surface area contributed by atoms with Crippen molar-refractivity contribution in [1.82, 2.24) is 9.13 Å². The maximum Gasteiger partial charge on any atom is 0.336 e. The molecule has 0 saturated heterocycles. The number of hydrogen-bond donors (Lipinski definition) is 1. The van der Waals surface area contributed by atoms with Crippen LogP contribution in [0.3, 0.4) is 0 Å². The van der Waals surface area contributed by atoms with Crippen molar-refractivity contribution in [3.05, 3.63) is 90.6 Å². The van der Waals surface area contributed by atoms with Crippen molar-refractivity contribution < 1.29 is 9.18 Å². The number of rotatable bonds is 4. The number of fused-ring (bicyclic) bond motifs is 1. The first-order valence-corrected chi connectivity index (χ1v) is 10.6. The molecule has 0 aliphatic heterocycles. The van der Waals surface area contributed by atoms with E-state index in [4.69, 9.17) is 11.6 Å². The number of carbonyl (C=O) groups excluding carboxylic acids is 1. The van der Waals surface area contributed by atoms with Gasteiger partial charge in [-0.15, -0.1) is 11.3 Å². The molecule has 1 amide bonds.